The summed E-state index contributed by atoms with van der Waals surface area (Å²) in [4.78, 5) is 8.65. The van der Waals surface area contributed by atoms with Crippen molar-refractivity contribution in [1.82, 2.24) is 9.97 Å². The van der Waals surface area contributed by atoms with E-state index < -0.39 is 9.84 Å². The van der Waals surface area contributed by atoms with Gasteiger partial charge in [-0.2, -0.15) is 4.98 Å². The molecule has 1 aliphatic heterocycles. The summed E-state index contributed by atoms with van der Waals surface area (Å²) in [5, 5.41) is 5.98. The zero-order valence-corrected chi connectivity index (χ0v) is 12.8. The van der Waals surface area contributed by atoms with Gasteiger partial charge in [-0.05, 0) is 26.2 Å². The predicted molar refractivity (Wildman–Crippen MR) is 80.8 cm³/mol. The Hall–Kier alpha value is -1.37. The largest absolute Gasteiger partial charge is 0.369 e. The number of hydrogen-bond donors (Lipinski definition) is 2. The molecule has 0 amide bonds. The van der Waals surface area contributed by atoms with Crippen LogP contribution in [0.25, 0.3) is 0 Å². The Kier molecular flexibility index (Phi) is 4.80. The standard InChI is InChI=1S/C13H22N4O2S/c1-3-6-14-13-16-10(2)8-12(17-13)15-9-11-5-4-7-20(11,18)19/h8,11H,3-7,9H2,1-2H3,(H2,14,15,16,17). The zero-order valence-electron chi connectivity index (χ0n) is 12.0. The third-order valence-electron chi connectivity index (χ3n) is 3.36. The topological polar surface area (TPSA) is 84.0 Å². The number of nitrogens with zero attached hydrogens (tertiary/aromatic N) is 2. The molecule has 1 atom stereocenters. The van der Waals surface area contributed by atoms with E-state index in [1.165, 1.54) is 0 Å². The first-order chi connectivity index (χ1) is 9.51. The minimum absolute atomic E-state index is 0.287. The second kappa shape index (κ2) is 6.39. The number of sulfone groups is 1. The van der Waals surface area contributed by atoms with E-state index >= 15 is 0 Å². The number of aromatic nitrogens is 2. The maximum Gasteiger partial charge on any atom is 0.224 e. The second-order valence-electron chi connectivity index (χ2n) is 5.16. The van der Waals surface area contributed by atoms with E-state index in [1.54, 1.807) is 0 Å². The fourth-order valence-corrected chi connectivity index (χ4v) is 4.05. The molecule has 0 saturated carbocycles. The summed E-state index contributed by atoms with van der Waals surface area (Å²) >= 11 is 0. The molecular weight excluding hydrogens is 276 g/mol. The van der Waals surface area contributed by atoms with Gasteiger partial charge in [0.2, 0.25) is 5.95 Å². The molecular formula is C13H22N4O2S. The number of nitrogens with one attached hydrogen (secondary N) is 2. The monoisotopic (exact) mass is 298 g/mol. The van der Waals surface area contributed by atoms with Crippen LogP contribution in [0.1, 0.15) is 31.9 Å². The molecule has 0 bridgehead atoms. The zero-order chi connectivity index (χ0) is 14.6. The first kappa shape index (κ1) is 15.0. The van der Waals surface area contributed by atoms with Gasteiger partial charge in [0.1, 0.15) is 5.82 Å². The fourth-order valence-electron chi connectivity index (χ4n) is 2.28. The van der Waals surface area contributed by atoms with Crippen molar-refractivity contribution in [3.05, 3.63) is 11.8 Å². The maximum atomic E-state index is 11.8. The highest BCUT2D eigenvalue weighted by molar-refractivity contribution is 7.92. The van der Waals surface area contributed by atoms with Crippen molar-refractivity contribution in [2.24, 2.45) is 0 Å². The van der Waals surface area contributed by atoms with Crippen molar-refractivity contribution in [3.8, 4) is 0 Å². The van der Waals surface area contributed by atoms with E-state index in [0.29, 0.717) is 24.1 Å². The van der Waals surface area contributed by atoms with Gasteiger partial charge >= 0.3 is 0 Å². The Balaban J connectivity index is 2.00. The summed E-state index contributed by atoms with van der Waals surface area (Å²) in [6.45, 7) is 5.22. The highest BCUT2D eigenvalue weighted by Crippen LogP contribution is 2.20. The second-order valence-corrected chi connectivity index (χ2v) is 7.56. The molecule has 2 rings (SSSR count). The van der Waals surface area contributed by atoms with Gasteiger partial charge in [-0.3, -0.25) is 0 Å². The van der Waals surface area contributed by atoms with Crippen molar-refractivity contribution in [1.29, 1.82) is 0 Å². The molecule has 6 nitrogen and oxygen atoms in total. The Morgan fingerprint density at radius 1 is 1.35 bits per heavy atom. The molecule has 1 aromatic rings. The molecule has 7 heteroatoms. The average Bonchev–Trinajstić information content (AvgIpc) is 2.72. The van der Waals surface area contributed by atoms with Crippen LogP contribution in [-0.4, -0.2) is 42.5 Å². The molecule has 112 valence electrons. The molecule has 2 heterocycles. The van der Waals surface area contributed by atoms with E-state index in [9.17, 15) is 8.42 Å². The molecule has 0 aromatic carbocycles. The molecule has 0 radical (unpaired) electrons. The van der Waals surface area contributed by atoms with E-state index in [-0.39, 0.29) is 5.25 Å². The summed E-state index contributed by atoms with van der Waals surface area (Å²) in [5.41, 5.74) is 0.857. The third-order valence-corrected chi connectivity index (χ3v) is 5.64. The highest BCUT2D eigenvalue weighted by atomic mass is 32.2. The molecule has 20 heavy (non-hydrogen) atoms. The van der Waals surface area contributed by atoms with Gasteiger partial charge in [0, 0.05) is 24.8 Å². The van der Waals surface area contributed by atoms with Crippen LogP contribution in [-0.2, 0) is 9.84 Å². The lowest BCUT2D eigenvalue weighted by Gasteiger charge is -2.12. The Morgan fingerprint density at radius 2 is 2.15 bits per heavy atom. The highest BCUT2D eigenvalue weighted by Gasteiger charge is 2.30. The molecule has 1 saturated heterocycles. The molecule has 1 aliphatic rings. The molecule has 1 unspecified atom stereocenters. The van der Waals surface area contributed by atoms with Crippen LogP contribution >= 0.6 is 0 Å². The van der Waals surface area contributed by atoms with Crippen LogP contribution in [0.2, 0.25) is 0 Å². The molecule has 0 spiro atoms. The van der Waals surface area contributed by atoms with Gasteiger partial charge in [0.25, 0.3) is 0 Å². The molecule has 1 aromatic heterocycles. The summed E-state index contributed by atoms with van der Waals surface area (Å²) < 4.78 is 23.5. The lowest BCUT2D eigenvalue weighted by molar-refractivity contribution is 0.591. The quantitative estimate of drug-likeness (QED) is 0.830. The van der Waals surface area contributed by atoms with Crippen LogP contribution in [0.4, 0.5) is 11.8 Å². The molecule has 0 aliphatic carbocycles. The van der Waals surface area contributed by atoms with E-state index in [0.717, 1.165) is 31.5 Å². The summed E-state index contributed by atoms with van der Waals surface area (Å²) in [6, 6.07) is 1.83. The SMILES string of the molecule is CCCNc1nc(C)cc(NCC2CCCS2(=O)=O)n1. The fraction of sp³-hybridized carbons (Fsp3) is 0.692. The normalized spacial score (nSPS) is 20.8. The maximum absolute atomic E-state index is 11.8. The smallest absolute Gasteiger partial charge is 0.224 e. The first-order valence-electron chi connectivity index (χ1n) is 7.06. The lowest BCUT2D eigenvalue weighted by Crippen LogP contribution is -2.25. The number of hydrogen-bond acceptors (Lipinski definition) is 6. The van der Waals surface area contributed by atoms with Crippen molar-refractivity contribution in [3.63, 3.8) is 0 Å². The van der Waals surface area contributed by atoms with Crippen LogP contribution in [0.5, 0.6) is 0 Å². The number of aryl methyl sites for hydroxylation is 1. The Morgan fingerprint density at radius 3 is 2.80 bits per heavy atom. The predicted octanol–water partition coefficient (Wildman–Crippen LogP) is 1.60. The van der Waals surface area contributed by atoms with E-state index in [2.05, 4.69) is 27.5 Å². The van der Waals surface area contributed by atoms with Crippen molar-refractivity contribution in [2.45, 2.75) is 38.4 Å². The average molecular weight is 298 g/mol. The third kappa shape index (κ3) is 3.82. The van der Waals surface area contributed by atoms with Crippen LogP contribution < -0.4 is 10.6 Å². The van der Waals surface area contributed by atoms with Gasteiger partial charge in [0.05, 0.1) is 11.0 Å². The van der Waals surface area contributed by atoms with Crippen molar-refractivity contribution < 1.29 is 8.42 Å². The van der Waals surface area contributed by atoms with Gasteiger partial charge < -0.3 is 10.6 Å². The first-order valence-corrected chi connectivity index (χ1v) is 8.78. The van der Waals surface area contributed by atoms with Gasteiger partial charge in [-0.25, -0.2) is 13.4 Å². The Bertz CT molecular complexity index is 559. The van der Waals surface area contributed by atoms with Crippen LogP contribution in [0.15, 0.2) is 6.07 Å². The van der Waals surface area contributed by atoms with Gasteiger partial charge in [-0.1, -0.05) is 6.92 Å². The van der Waals surface area contributed by atoms with Crippen molar-refractivity contribution >= 4 is 21.6 Å². The summed E-state index contributed by atoms with van der Waals surface area (Å²) in [7, 11) is -2.91. The Labute approximate surface area is 120 Å². The van der Waals surface area contributed by atoms with Crippen LogP contribution in [0, 0.1) is 6.92 Å². The summed E-state index contributed by atoms with van der Waals surface area (Å²) in [5.74, 6) is 1.58. The number of rotatable bonds is 6. The minimum Gasteiger partial charge on any atom is -0.369 e. The summed E-state index contributed by atoms with van der Waals surface area (Å²) in [6.07, 6.45) is 2.50. The molecule has 1 fully saturated rings. The van der Waals surface area contributed by atoms with Crippen molar-refractivity contribution in [2.75, 3.05) is 29.5 Å². The van der Waals surface area contributed by atoms with Gasteiger partial charge in [0.15, 0.2) is 9.84 Å². The van der Waals surface area contributed by atoms with E-state index in [4.69, 9.17) is 0 Å². The van der Waals surface area contributed by atoms with Crippen LogP contribution in [0.3, 0.4) is 0 Å². The van der Waals surface area contributed by atoms with E-state index in [1.807, 2.05) is 13.0 Å². The van der Waals surface area contributed by atoms with Gasteiger partial charge in [-0.15, -0.1) is 0 Å². The molecule has 2 N–H and O–H groups in total. The minimum atomic E-state index is -2.91. The lowest BCUT2D eigenvalue weighted by atomic mass is 10.2. The number of anilines is 2.